The van der Waals surface area contributed by atoms with E-state index < -0.39 is 0 Å². The van der Waals surface area contributed by atoms with Gasteiger partial charge in [-0.25, -0.2) is 4.68 Å². The third kappa shape index (κ3) is 2.96. The molecule has 2 aromatic heterocycles. The Bertz CT molecular complexity index is 958. The summed E-state index contributed by atoms with van der Waals surface area (Å²) in [5.41, 5.74) is 4.42. The fraction of sp³-hybridized carbons (Fsp3) is 0.316. The Hall–Kier alpha value is -3.09. The first-order valence-electron chi connectivity index (χ1n) is 8.59. The van der Waals surface area contributed by atoms with E-state index in [1.165, 1.54) is 17.5 Å². The van der Waals surface area contributed by atoms with Crippen molar-refractivity contribution < 1.29 is 13.9 Å². The molecule has 26 heavy (non-hydrogen) atoms. The first-order chi connectivity index (χ1) is 12.7. The molecule has 3 aromatic rings. The van der Waals surface area contributed by atoms with Crippen LogP contribution in [0.4, 0.5) is 0 Å². The molecule has 0 fully saturated rings. The van der Waals surface area contributed by atoms with Crippen LogP contribution in [0.3, 0.4) is 0 Å². The molecular weight excluding hydrogens is 332 g/mol. The predicted octanol–water partition coefficient (Wildman–Crippen LogP) is 2.44. The predicted molar refractivity (Wildman–Crippen MR) is 95.2 cm³/mol. The van der Waals surface area contributed by atoms with Crippen LogP contribution in [0.5, 0.6) is 5.75 Å². The second-order valence-electron chi connectivity index (χ2n) is 6.32. The number of benzene rings is 1. The maximum Gasteiger partial charge on any atom is 0.286 e. The second kappa shape index (κ2) is 6.67. The Morgan fingerprint density at radius 2 is 2.12 bits per heavy atom. The van der Waals surface area contributed by atoms with Crippen molar-refractivity contribution in [1.29, 1.82) is 0 Å². The highest BCUT2D eigenvalue weighted by Gasteiger charge is 2.18. The molecule has 0 atom stereocenters. The van der Waals surface area contributed by atoms with Gasteiger partial charge in [0.15, 0.2) is 5.76 Å². The van der Waals surface area contributed by atoms with Gasteiger partial charge in [-0.3, -0.25) is 4.79 Å². The molecule has 0 saturated carbocycles. The van der Waals surface area contributed by atoms with Crippen molar-refractivity contribution in [3.8, 4) is 17.0 Å². The van der Waals surface area contributed by atoms with Crippen LogP contribution in [0.2, 0.25) is 0 Å². The van der Waals surface area contributed by atoms with Crippen LogP contribution in [-0.4, -0.2) is 35.1 Å². The normalized spacial score (nSPS) is 12.8. The summed E-state index contributed by atoms with van der Waals surface area (Å²) in [5, 5.41) is 11.0. The van der Waals surface area contributed by atoms with Gasteiger partial charge in [0.05, 0.1) is 13.3 Å². The summed E-state index contributed by atoms with van der Waals surface area (Å²) in [5.74, 6) is 1.49. The summed E-state index contributed by atoms with van der Waals surface area (Å²) in [6.07, 6.45) is 5.24. The summed E-state index contributed by atoms with van der Waals surface area (Å²) < 4.78 is 12.8. The highest BCUT2D eigenvalue weighted by atomic mass is 16.5. The number of aryl methyl sites for hydroxylation is 2. The highest BCUT2D eigenvalue weighted by Crippen LogP contribution is 2.35. The average Bonchev–Trinajstić information content (AvgIpc) is 3.40. The minimum atomic E-state index is -0.251. The van der Waals surface area contributed by atoms with Gasteiger partial charge in [0.25, 0.3) is 5.91 Å². The third-order valence-electron chi connectivity index (χ3n) is 4.66. The summed E-state index contributed by atoms with van der Waals surface area (Å²) >= 11 is 0. The zero-order valence-corrected chi connectivity index (χ0v) is 14.8. The zero-order valence-electron chi connectivity index (χ0n) is 14.8. The van der Waals surface area contributed by atoms with E-state index in [-0.39, 0.29) is 11.7 Å². The molecule has 2 heterocycles. The van der Waals surface area contributed by atoms with Crippen molar-refractivity contribution in [2.75, 3.05) is 14.2 Å². The van der Waals surface area contributed by atoms with Gasteiger partial charge in [-0.15, -0.1) is 5.10 Å². The van der Waals surface area contributed by atoms with Crippen LogP contribution in [-0.2, 0) is 19.4 Å². The standard InChI is InChI=1S/C19H20N4O3/c1-20-19(24)17-7-6-14(26-17)10-23-11-16(21-22-23)15-8-12-4-3-5-13(12)9-18(15)25-2/h6-9,11H,3-5,10H2,1-2H3,(H,20,24). The molecule has 1 aliphatic carbocycles. The number of nitrogens with one attached hydrogen (secondary N) is 1. The first kappa shape index (κ1) is 16.4. The number of methoxy groups -OCH3 is 1. The number of amides is 1. The second-order valence-corrected chi connectivity index (χ2v) is 6.32. The smallest absolute Gasteiger partial charge is 0.286 e. The maximum atomic E-state index is 11.6. The Morgan fingerprint density at radius 3 is 2.88 bits per heavy atom. The van der Waals surface area contributed by atoms with Crippen LogP contribution >= 0.6 is 0 Å². The molecule has 0 unspecified atom stereocenters. The molecule has 0 aliphatic heterocycles. The molecule has 0 spiro atoms. The molecule has 7 heteroatoms. The lowest BCUT2D eigenvalue weighted by atomic mass is 10.0. The number of hydrogen-bond donors (Lipinski definition) is 1. The van der Waals surface area contributed by atoms with Gasteiger partial charge in [0, 0.05) is 12.6 Å². The molecule has 1 N–H and O–H groups in total. The summed E-state index contributed by atoms with van der Waals surface area (Å²) in [7, 11) is 3.24. The van der Waals surface area contributed by atoms with Crippen molar-refractivity contribution in [2.45, 2.75) is 25.8 Å². The molecule has 1 amide bonds. The van der Waals surface area contributed by atoms with Crippen molar-refractivity contribution >= 4 is 5.91 Å². The SMILES string of the molecule is CNC(=O)c1ccc(Cn2cc(-c3cc4c(cc3OC)CCC4)nn2)o1. The van der Waals surface area contributed by atoms with E-state index in [9.17, 15) is 4.79 Å². The zero-order chi connectivity index (χ0) is 18.1. The van der Waals surface area contributed by atoms with Gasteiger partial charge in [-0.2, -0.15) is 0 Å². The van der Waals surface area contributed by atoms with E-state index in [0.717, 1.165) is 29.8 Å². The summed E-state index contributed by atoms with van der Waals surface area (Å²) in [6, 6.07) is 7.68. The number of ether oxygens (including phenoxy) is 1. The molecule has 1 aliphatic rings. The lowest BCUT2D eigenvalue weighted by molar-refractivity contribution is 0.0933. The van der Waals surface area contributed by atoms with E-state index in [2.05, 4.69) is 27.8 Å². The lowest BCUT2D eigenvalue weighted by Crippen LogP contribution is -2.16. The van der Waals surface area contributed by atoms with Gasteiger partial charge < -0.3 is 14.5 Å². The Balaban J connectivity index is 1.59. The largest absolute Gasteiger partial charge is 0.496 e. The fourth-order valence-corrected chi connectivity index (χ4v) is 3.34. The Kier molecular flexibility index (Phi) is 4.20. The maximum absolute atomic E-state index is 11.6. The van der Waals surface area contributed by atoms with Crippen molar-refractivity contribution in [2.24, 2.45) is 0 Å². The van der Waals surface area contributed by atoms with Crippen LogP contribution < -0.4 is 10.1 Å². The van der Waals surface area contributed by atoms with Crippen molar-refractivity contribution in [3.05, 3.63) is 53.1 Å². The number of carbonyl (C=O) groups is 1. The molecule has 134 valence electrons. The lowest BCUT2D eigenvalue weighted by Gasteiger charge is -2.09. The number of rotatable bonds is 5. The van der Waals surface area contributed by atoms with Gasteiger partial charge in [-0.05, 0) is 54.7 Å². The molecule has 1 aromatic carbocycles. The number of hydrogen-bond acceptors (Lipinski definition) is 5. The van der Waals surface area contributed by atoms with E-state index in [1.807, 2.05) is 6.20 Å². The van der Waals surface area contributed by atoms with E-state index in [0.29, 0.717) is 12.3 Å². The monoisotopic (exact) mass is 352 g/mol. The molecule has 0 radical (unpaired) electrons. The number of fused-ring (bicyclic) bond motifs is 1. The van der Waals surface area contributed by atoms with Gasteiger partial charge >= 0.3 is 0 Å². The number of aromatic nitrogens is 3. The first-order valence-corrected chi connectivity index (χ1v) is 8.59. The van der Waals surface area contributed by atoms with E-state index >= 15 is 0 Å². The fourth-order valence-electron chi connectivity index (χ4n) is 3.34. The molecule has 0 bridgehead atoms. The van der Waals surface area contributed by atoms with Crippen molar-refractivity contribution in [1.82, 2.24) is 20.3 Å². The van der Waals surface area contributed by atoms with Gasteiger partial charge in [0.2, 0.25) is 0 Å². The minimum absolute atomic E-state index is 0.251. The molecule has 7 nitrogen and oxygen atoms in total. The quantitative estimate of drug-likeness (QED) is 0.763. The van der Waals surface area contributed by atoms with Crippen LogP contribution in [0.15, 0.2) is 34.9 Å². The minimum Gasteiger partial charge on any atom is -0.496 e. The van der Waals surface area contributed by atoms with Gasteiger partial charge in [-0.1, -0.05) is 5.21 Å². The van der Waals surface area contributed by atoms with E-state index in [1.54, 1.807) is 31.0 Å². The number of carbonyl (C=O) groups excluding carboxylic acids is 1. The molecule has 0 saturated heterocycles. The average molecular weight is 352 g/mol. The highest BCUT2D eigenvalue weighted by molar-refractivity contribution is 5.91. The van der Waals surface area contributed by atoms with Crippen molar-refractivity contribution in [3.63, 3.8) is 0 Å². The molecule has 4 rings (SSSR count). The van der Waals surface area contributed by atoms with Gasteiger partial charge in [0.1, 0.15) is 23.7 Å². The van der Waals surface area contributed by atoms with Crippen LogP contribution in [0.1, 0.15) is 33.9 Å². The summed E-state index contributed by atoms with van der Waals surface area (Å²) in [6.45, 7) is 0.400. The van der Waals surface area contributed by atoms with Crippen LogP contribution in [0, 0.1) is 0 Å². The Morgan fingerprint density at radius 1 is 1.31 bits per heavy atom. The number of furan rings is 1. The summed E-state index contributed by atoms with van der Waals surface area (Å²) in [4.78, 5) is 11.6. The molecular formula is C19H20N4O3. The third-order valence-corrected chi connectivity index (χ3v) is 4.66. The number of nitrogens with zero attached hydrogens (tertiary/aromatic N) is 3. The van der Waals surface area contributed by atoms with Crippen LogP contribution in [0.25, 0.3) is 11.3 Å². The Labute approximate surface area is 151 Å². The van der Waals surface area contributed by atoms with E-state index in [4.69, 9.17) is 9.15 Å². The topological polar surface area (TPSA) is 82.2 Å².